The number of benzene rings is 1. The van der Waals surface area contributed by atoms with Crippen LogP contribution >= 0.6 is 12.2 Å². The summed E-state index contributed by atoms with van der Waals surface area (Å²) in [7, 11) is 0. The van der Waals surface area contributed by atoms with Crippen LogP contribution in [0.3, 0.4) is 0 Å². The zero-order valence-corrected chi connectivity index (χ0v) is 18.0. The van der Waals surface area contributed by atoms with Crippen molar-refractivity contribution in [2.24, 2.45) is 0 Å². The van der Waals surface area contributed by atoms with E-state index in [-0.39, 0.29) is 24.8 Å². The zero-order chi connectivity index (χ0) is 22.7. The number of furan rings is 1. The molecule has 8 nitrogen and oxygen atoms in total. The van der Waals surface area contributed by atoms with Crippen LogP contribution in [-0.2, 0) is 9.53 Å². The molecule has 1 aromatic carbocycles. The second-order valence-electron chi connectivity index (χ2n) is 7.11. The number of nitrogens with zero attached hydrogens (tertiary/aromatic N) is 2. The van der Waals surface area contributed by atoms with Crippen LogP contribution in [0.4, 0.5) is 0 Å². The van der Waals surface area contributed by atoms with E-state index in [2.05, 4.69) is 10.3 Å². The summed E-state index contributed by atoms with van der Waals surface area (Å²) < 4.78 is 11.2. The molecule has 0 spiro atoms. The van der Waals surface area contributed by atoms with Gasteiger partial charge in [-0.05, 0) is 49.5 Å². The van der Waals surface area contributed by atoms with Gasteiger partial charge in [-0.15, -0.1) is 0 Å². The number of aromatic carboxylic acids is 1. The Balaban J connectivity index is 1.74. The molecule has 2 atom stereocenters. The van der Waals surface area contributed by atoms with Crippen molar-refractivity contribution in [2.45, 2.75) is 19.0 Å². The fraction of sp³-hybridized carbons (Fsp3) is 0.217. The van der Waals surface area contributed by atoms with Crippen LogP contribution < -0.4 is 5.32 Å². The largest absolute Gasteiger partial charge is 0.478 e. The number of carboxylic acid groups (broad SMARTS) is 1. The third-order valence-electron chi connectivity index (χ3n) is 5.14. The minimum Gasteiger partial charge on any atom is -0.478 e. The first-order valence-electron chi connectivity index (χ1n) is 10.1. The average molecular weight is 452 g/mol. The molecule has 1 fully saturated rings. The van der Waals surface area contributed by atoms with Crippen LogP contribution in [0.25, 0.3) is 11.3 Å². The summed E-state index contributed by atoms with van der Waals surface area (Å²) in [6.07, 6.45) is 1.68. The van der Waals surface area contributed by atoms with E-state index in [0.717, 1.165) is 5.69 Å². The molecule has 32 heavy (non-hydrogen) atoms. The second-order valence-corrected chi connectivity index (χ2v) is 7.50. The summed E-state index contributed by atoms with van der Waals surface area (Å²) in [5.74, 6) is -0.525. The molecule has 4 rings (SSSR count). The van der Waals surface area contributed by atoms with Crippen LogP contribution in [0.2, 0.25) is 0 Å². The first kappa shape index (κ1) is 21.5. The van der Waals surface area contributed by atoms with Gasteiger partial charge in [0.1, 0.15) is 24.1 Å². The fourth-order valence-corrected chi connectivity index (χ4v) is 4.08. The lowest BCUT2D eigenvalue weighted by Crippen LogP contribution is -2.35. The smallest absolute Gasteiger partial charge is 0.336 e. The number of carboxylic acids is 1. The summed E-state index contributed by atoms with van der Waals surface area (Å²) >= 11 is 5.51. The van der Waals surface area contributed by atoms with Gasteiger partial charge in [0, 0.05) is 11.8 Å². The highest BCUT2D eigenvalue weighted by Crippen LogP contribution is 2.40. The first-order valence-corrected chi connectivity index (χ1v) is 10.5. The topological polar surface area (TPSA) is 105 Å². The van der Waals surface area contributed by atoms with Crippen LogP contribution in [0.5, 0.6) is 0 Å². The Morgan fingerprint density at radius 3 is 2.69 bits per heavy atom. The molecule has 3 heterocycles. The number of hydrogen-bond acceptors (Lipinski definition) is 6. The molecule has 0 aliphatic carbocycles. The van der Waals surface area contributed by atoms with Gasteiger partial charge in [-0.2, -0.15) is 0 Å². The number of aromatic nitrogens is 1. The number of pyridine rings is 1. The molecular weight excluding hydrogens is 430 g/mol. The molecule has 0 radical (unpaired) electrons. The van der Waals surface area contributed by atoms with Crippen molar-refractivity contribution in [3.63, 3.8) is 0 Å². The van der Waals surface area contributed by atoms with Gasteiger partial charge < -0.3 is 24.5 Å². The fourth-order valence-electron chi connectivity index (χ4n) is 3.77. The molecule has 0 saturated carbocycles. The Morgan fingerprint density at radius 2 is 1.97 bits per heavy atom. The number of rotatable bonds is 7. The SMILES string of the molecule is CCOC(=O)CN1C(=S)NC(c2ccccn2)C1c1ccc(-c2ccccc2C(=O)O)o1. The highest BCUT2D eigenvalue weighted by molar-refractivity contribution is 7.80. The minimum absolute atomic E-state index is 0.0601. The highest BCUT2D eigenvalue weighted by Gasteiger charge is 2.42. The van der Waals surface area contributed by atoms with Crippen molar-refractivity contribution in [3.05, 3.63) is 77.8 Å². The molecule has 0 bridgehead atoms. The number of ether oxygens (including phenoxy) is 1. The molecule has 9 heteroatoms. The minimum atomic E-state index is -1.04. The first-order chi connectivity index (χ1) is 15.5. The lowest BCUT2D eigenvalue weighted by atomic mass is 10.0. The summed E-state index contributed by atoms with van der Waals surface area (Å²) in [4.78, 5) is 30.0. The van der Waals surface area contributed by atoms with Gasteiger partial charge in [-0.3, -0.25) is 9.78 Å². The standard InChI is InChI=1S/C23H21N3O5S/c1-2-30-19(27)13-26-21(20(25-23(26)32)16-9-5-6-12-24-16)18-11-10-17(31-18)14-7-3-4-8-15(14)22(28)29/h3-12,20-21H,2,13H2,1H3,(H,25,32)(H,28,29). The van der Waals surface area contributed by atoms with Gasteiger partial charge in [-0.25, -0.2) is 4.79 Å². The molecule has 2 N–H and O–H groups in total. The van der Waals surface area contributed by atoms with Crippen molar-refractivity contribution >= 4 is 29.3 Å². The van der Waals surface area contributed by atoms with Gasteiger partial charge in [0.15, 0.2) is 5.11 Å². The molecule has 3 aromatic rings. The van der Waals surface area contributed by atoms with Crippen LogP contribution in [0.1, 0.15) is 40.8 Å². The van der Waals surface area contributed by atoms with Crippen molar-refractivity contribution < 1.29 is 23.8 Å². The molecule has 1 aliphatic rings. The lowest BCUT2D eigenvalue weighted by Gasteiger charge is -2.25. The van der Waals surface area contributed by atoms with Gasteiger partial charge >= 0.3 is 11.9 Å². The predicted molar refractivity (Wildman–Crippen MR) is 120 cm³/mol. The van der Waals surface area contributed by atoms with E-state index in [1.807, 2.05) is 18.2 Å². The molecule has 2 aromatic heterocycles. The summed E-state index contributed by atoms with van der Waals surface area (Å²) in [5, 5.41) is 13.1. The lowest BCUT2D eigenvalue weighted by molar-refractivity contribution is -0.143. The summed E-state index contributed by atoms with van der Waals surface area (Å²) in [6.45, 7) is 1.94. The van der Waals surface area contributed by atoms with Gasteiger partial charge in [0.05, 0.1) is 23.9 Å². The van der Waals surface area contributed by atoms with Crippen molar-refractivity contribution in [1.29, 1.82) is 0 Å². The number of esters is 1. The number of hydrogen-bond donors (Lipinski definition) is 2. The van der Waals surface area contributed by atoms with E-state index < -0.39 is 18.0 Å². The van der Waals surface area contributed by atoms with Crippen molar-refractivity contribution in [3.8, 4) is 11.3 Å². The predicted octanol–water partition coefficient (Wildman–Crippen LogP) is 3.58. The molecule has 2 unspecified atom stereocenters. The normalized spacial score (nSPS) is 17.8. The van der Waals surface area contributed by atoms with E-state index >= 15 is 0 Å². The summed E-state index contributed by atoms with van der Waals surface area (Å²) in [6, 6.07) is 14.8. The molecule has 1 aliphatic heterocycles. The quantitative estimate of drug-likeness (QED) is 0.412. The Labute approximate surface area is 189 Å². The van der Waals surface area contributed by atoms with Gasteiger partial charge in [0.25, 0.3) is 0 Å². The maximum Gasteiger partial charge on any atom is 0.336 e. The summed E-state index contributed by atoms with van der Waals surface area (Å²) in [5.41, 5.74) is 1.33. The maximum absolute atomic E-state index is 12.2. The average Bonchev–Trinajstić information content (AvgIpc) is 3.39. The third-order valence-corrected chi connectivity index (χ3v) is 5.50. The van der Waals surface area contributed by atoms with Gasteiger partial charge in [-0.1, -0.05) is 24.3 Å². The van der Waals surface area contributed by atoms with Crippen molar-refractivity contribution in [1.82, 2.24) is 15.2 Å². The number of carbonyl (C=O) groups is 2. The Morgan fingerprint density at radius 1 is 1.19 bits per heavy atom. The van der Waals surface area contributed by atoms with Crippen LogP contribution in [0.15, 0.2) is 65.2 Å². The van der Waals surface area contributed by atoms with E-state index in [4.69, 9.17) is 21.4 Å². The third kappa shape index (κ3) is 4.19. The zero-order valence-electron chi connectivity index (χ0n) is 17.2. The van der Waals surface area contributed by atoms with Crippen molar-refractivity contribution in [2.75, 3.05) is 13.2 Å². The van der Waals surface area contributed by atoms with Gasteiger partial charge in [0.2, 0.25) is 0 Å². The molecular formula is C23H21N3O5S. The van der Waals surface area contributed by atoms with Crippen LogP contribution in [0, 0.1) is 0 Å². The van der Waals surface area contributed by atoms with Crippen LogP contribution in [-0.4, -0.2) is 45.2 Å². The molecule has 0 amide bonds. The van der Waals surface area contributed by atoms with E-state index in [1.54, 1.807) is 48.4 Å². The van der Waals surface area contributed by atoms with E-state index in [9.17, 15) is 14.7 Å². The highest BCUT2D eigenvalue weighted by atomic mass is 32.1. The Hall–Kier alpha value is -3.72. The van der Waals surface area contributed by atoms with E-state index in [1.165, 1.54) is 6.07 Å². The number of nitrogens with one attached hydrogen (secondary N) is 1. The maximum atomic E-state index is 12.2. The Bertz CT molecular complexity index is 1150. The Kier molecular flexibility index (Phi) is 6.18. The number of carbonyl (C=O) groups excluding carboxylic acids is 1. The number of thiocarbonyl (C=S) groups is 1. The molecule has 164 valence electrons. The van der Waals surface area contributed by atoms with E-state index in [0.29, 0.717) is 22.2 Å². The monoisotopic (exact) mass is 451 g/mol. The second kappa shape index (κ2) is 9.19. The molecule has 1 saturated heterocycles.